The van der Waals surface area contributed by atoms with Crippen molar-refractivity contribution in [1.29, 1.82) is 0 Å². The Morgan fingerprint density at radius 1 is 1.44 bits per heavy atom. The number of unbranched alkanes of at least 4 members (excludes halogenated alkanes) is 1. The largest absolute Gasteiger partial charge is 0.393 e. The summed E-state index contributed by atoms with van der Waals surface area (Å²) in [4.78, 5) is 11.7. The first-order valence-corrected chi connectivity index (χ1v) is 6.37. The van der Waals surface area contributed by atoms with Crippen LogP contribution < -0.4 is 11.1 Å². The monoisotopic (exact) mass is 228 g/mol. The Bertz CT molecular complexity index is 213. The van der Waals surface area contributed by atoms with Gasteiger partial charge in [-0.2, -0.15) is 0 Å². The molecule has 1 amide bonds. The Hall–Kier alpha value is -0.610. The zero-order chi connectivity index (χ0) is 12.0. The minimum atomic E-state index is -0.369. The fourth-order valence-electron chi connectivity index (χ4n) is 2.08. The molecular formula is C12H24N2O2. The quantitative estimate of drug-likeness (QED) is 0.655. The van der Waals surface area contributed by atoms with Crippen molar-refractivity contribution in [3.63, 3.8) is 0 Å². The molecule has 1 fully saturated rings. The molecule has 0 aliphatic heterocycles. The molecule has 4 N–H and O–H groups in total. The van der Waals surface area contributed by atoms with Crippen LogP contribution in [-0.2, 0) is 4.79 Å². The molecule has 0 heterocycles. The van der Waals surface area contributed by atoms with Crippen LogP contribution in [0.1, 0.15) is 51.9 Å². The highest BCUT2D eigenvalue weighted by molar-refractivity contribution is 5.81. The number of nitrogens with one attached hydrogen (secondary N) is 1. The fourth-order valence-corrected chi connectivity index (χ4v) is 2.08. The summed E-state index contributed by atoms with van der Waals surface area (Å²) in [5.41, 5.74) is 5.79. The van der Waals surface area contributed by atoms with E-state index in [4.69, 9.17) is 5.73 Å². The summed E-state index contributed by atoms with van der Waals surface area (Å²) < 4.78 is 0. The van der Waals surface area contributed by atoms with Crippen LogP contribution in [0, 0.1) is 0 Å². The molecule has 0 radical (unpaired) electrons. The molecule has 0 spiro atoms. The lowest BCUT2D eigenvalue weighted by Crippen LogP contribution is -2.46. The first-order chi connectivity index (χ1) is 7.63. The van der Waals surface area contributed by atoms with Crippen LogP contribution in [0.3, 0.4) is 0 Å². The lowest BCUT2D eigenvalue weighted by molar-refractivity contribution is -0.123. The third-order valence-corrected chi connectivity index (χ3v) is 3.25. The zero-order valence-corrected chi connectivity index (χ0v) is 10.1. The van der Waals surface area contributed by atoms with Crippen molar-refractivity contribution in [2.75, 3.05) is 0 Å². The van der Waals surface area contributed by atoms with Gasteiger partial charge in [0.2, 0.25) is 5.91 Å². The molecule has 4 nitrogen and oxygen atoms in total. The van der Waals surface area contributed by atoms with E-state index in [1.54, 1.807) is 0 Å². The molecule has 0 unspecified atom stereocenters. The number of hydrogen-bond donors (Lipinski definition) is 3. The van der Waals surface area contributed by atoms with Crippen molar-refractivity contribution < 1.29 is 9.90 Å². The summed E-state index contributed by atoms with van der Waals surface area (Å²) in [6.45, 7) is 2.09. The number of hydrogen-bond acceptors (Lipinski definition) is 3. The highest BCUT2D eigenvalue weighted by Gasteiger charge is 2.22. The van der Waals surface area contributed by atoms with Crippen molar-refractivity contribution in [3.8, 4) is 0 Å². The number of rotatable bonds is 5. The van der Waals surface area contributed by atoms with Crippen molar-refractivity contribution in [3.05, 3.63) is 0 Å². The van der Waals surface area contributed by atoms with Crippen LogP contribution in [-0.4, -0.2) is 29.2 Å². The van der Waals surface area contributed by atoms with E-state index in [9.17, 15) is 9.90 Å². The van der Waals surface area contributed by atoms with E-state index in [2.05, 4.69) is 12.2 Å². The van der Waals surface area contributed by atoms with Crippen molar-refractivity contribution in [2.45, 2.75) is 70.1 Å². The molecule has 0 aromatic carbocycles. The molecule has 4 heteroatoms. The third-order valence-electron chi connectivity index (χ3n) is 3.25. The maximum atomic E-state index is 11.7. The number of nitrogens with two attached hydrogens (primary N) is 1. The number of carbonyl (C=O) groups excluding carboxylic acids is 1. The van der Waals surface area contributed by atoms with Crippen LogP contribution in [0.15, 0.2) is 0 Å². The Morgan fingerprint density at radius 2 is 2.06 bits per heavy atom. The summed E-state index contributed by atoms with van der Waals surface area (Å²) in [6, 6.07) is -0.157. The van der Waals surface area contributed by atoms with Gasteiger partial charge in [-0.25, -0.2) is 0 Å². The van der Waals surface area contributed by atoms with Gasteiger partial charge in [-0.3, -0.25) is 4.79 Å². The second-order valence-electron chi connectivity index (χ2n) is 4.76. The van der Waals surface area contributed by atoms with Crippen LogP contribution in [0.25, 0.3) is 0 Å². The molecule has 1 aliphatic rings. The van der Waals surface area contributed by atoms with Gasteiger partial charge < -0.3 is 16.2 Å². The van der Waals surface area contributed by atoms with Crippen molar-refractivity contribution in [2.24, 2.45) is 5.73 Å². The highest BCUT2D eigenvalue weighted by atomic mass is 16.3. The van der Waals surface area contributed by atoms with Gasteiger partial charge in [0.25, 0.3) is 0 Å². The molecule has 1 aliphatic carbocycles. The SMILES string of the molecule is CCCC[C@H](N)C(=O)NC1CCC(O)CC1. The predicted octanol–water partition coefficient (Wildman–Crippen LogP) is 0.924. The van der Waals surface area contributed by atoms with Gasteiger partial charge >= 0.3 is 0 Å². The van der Waals surface area contributed by atoms with Gasteiger partial charge in [0.15, 0.2) is 0 Å². The van der Waals surface area contributed by atoms with Crippen LogP contribution in [0.2, 0.25) is 0 Å². The summed E-state index contributed by atoms with van der Waals surface area (Å²) in [6.07, 6.45) is 5.96. The smallest absolute Gasteiger partial charge is 0.237 e. The van der Waals surface area contributed by atoms with Crippen LogP contribution >= 0.6 is 0 Å². The van der Waals surface area contributed by atoms with E-state index in [1.807, 2.05) is 0 Å². The van der Waals surface area contributed by atoms with Gasteiger partial charge in [-0.15, -0.1) is 0 Å². The second kappa shape index (κ2) is 6.86. The Kier molecular flexibility index (Phi) is 5.77. The lowest BCUT2D eigenvalue weighted by atomic mass is 9.93. The Labute approximate surface area is 97.6 Å². The van der Waals surface area contributed by atoms with E-state index in [0.717, 1.165) is 44.9 Å². The van der Waals surface area contributed by atoms with E-state index in [1.165, 1.54) is 0 Å². The summed E-state index contributed by atoms with van der Waals surface area (Å²) in [5, 5.41) is 12.3. The molecule has 0 aromatic heterocycles. The second-order valence-corrected chi connectivity index (χ2v) is 4.76. The molecule has 0 bridgehead atoms. The van der Waals surface area contributed by atoms with Crippen LogP contribution in [0.5, 0.6) is 0 Å². The Morgan fingerprint density at radius 3 is 2.62 bits per heavy atom. The molecule has 16 heavy (non-hydrogen) atoms. The first kappa shape index (κ1) is 13.5. The predicted molar refractivity (Wildman–Crippen MR) is 63.9 cm³/mol. The lowest BCUT2D eigenvalue weighted by Gasteiger charge is -2.27. The van der Waals surface area contributed by atoms with E-state index in [-0.39, 0.29) is 24.1 Å². The molecule has 1 atom stereocenters. The zero-order valence-electron chi connectivity index (χ0n) is 10.1. The maximum absolute atomic E-state index is 11.7. The topological polar surface area (TPSA) is 75.4 Å². The molecule has 0 saturated heterocycles. The summed E-state index contributed by atoms with van der Waals surface area (Å²) in [7, 11) is 0. The van der Waals surface area contributed by atoms with E-state index in [0.29, 0.717) is 0 Å². The average Bonchev–Trinajstić information content (AvgIpc) is 2.29. The van der Waals surface area contributed by atoms with Crippen molar-refractivity contribution >= 4 is 5.91 Å². The van der Waals surface area contributed by atoms with Crippen molar-refractivity contribution in [1.82, 2.24) is 5.32 Å². The highest BCUT2D eigenvalue weighted by Crippen LogP contribution is 2.18. The van der Waals surface area contributed by atoms with Gasteiger partial charge in [-0.1, -0.05) is 19.8 Å². The summed E-state index contributed by atoms with van der Waals surface area (Å²) in [5.74, 6) is -0.0326. The Balaban J connectivity index is 2.22. The number of carbonyl (C=O) groups is 1. The number of aliphatic hydroxyl groups excluding tert-OH is 1. The number of aliphatic hydroxyl groups is 1. The molecule has 1 saturated carbocycles. The molecule has 1 rings (SSSR count). The molecular weight excluding hydrogens is 204 g/mol. The van der Waals surface area contributed by atoms with Gasteiger partial charge in [-0.05, 0) is 32.1 Å². The third kappa shape index (κ3) is 4.49. The minimum absolute atomic E-state index is 0.0326. The van der Waals surface area contributed by atoms with Gasteiger partial charge in [0, 0.05) is 6.04 Å². The van der Waals surface area contributed by atoms with E-state index < -0.39 is 0 Å². The number of amides is 1. The molecule has 94 valence electrons. The average molecular weight is 228 g/mol. The maximum Gasteiger partial charge on any atom is 0.237 e. The van der Waals surface area contributed by atoms with Gasteiger partial charge in [0.05, 0.1) is 12.1 Å². The minimum Gasteiger partial charge on any atom is -0.393 e. The standard InChI is InChI=1S/C12H24N2O2/c1-2-3-4-11(13)12(16)14-9-5-7-10(15)8-6-9/h9-11,15H,2-8,13H2,1H3,(H,14,16)/t9?,10?,11-/m0/s1. The first-order valence-electron chi connectivity index (χ1n) is 6.37. The van der Waals surface area contributed by atoms with Crippen LogP contribution in [0.4, 0.5) is 0 Å². The normalized spacial score (nSPS) is 27.4. The van der Waals surface area contributed by atoms with Gasteiger partial charge in [0.1, 0.15) is 0 Å². The molecule has 0 aromatic rings. The fraction of sp³-hybridized carbons (Fsp3) is 0.917. The summed E-state index contributed by atoms with van der Waals surface area (Å²) >= 11 is 0. The van der Waals surface area contributed by atoms with E-state index >= 15 is 0 Å².